The number of ether oxygens (including phenoxy) is 1. The average molecular weight is 268 g/mol. The van der Waals surface area contributed by atoms with Crippen LogP contribution in [0.3, 0.4) is 0 Å². The number of urea groups is 1. The summed E-state index contributed by atoms with van der Waals surface area (Å²) in [6.45, 7) is 3.39. The van der Waals surface area contributed by atoms with E-state index in [2.05, 4.69) is 10.6 Å². The second-order valence-corrected chi connectivity index (χ2v) is 4.08. The van der Waals surface area contributed by atoms with E-state index < -0.39 is 17.8 Å². The van der Waals surface area contributed by atoms with Crippen molar-refractivity contribution in [3.8, 4) is 5.75 Å². The van der Waals surface area contributed by atoms with E-state index in [1.54, 1.807) is 0 Å². The number of halogens is 1. The topological polar surface area (TPSA) is 67.4 Å². The molecular weight excluding hydrogens is 251 g/mol. The van der Waals surface area contributed by atoms with Crippen LogP contribution in [-0.2, 0) is 4.79 Å². The molecule has 5 nitrogen and oxygen atoms in total. The molecule has 1 aromatic carbocycles. The molecule has 104 valence electrons. The standard InChI is InChI=1S/C13H17FN2O3/c1-3-9(2)15-13(18)16-12(17)8-19-11-6-4-5-10(14)7-11/h4-7,9H,3,8H2,1-2H3,(H2,15,16,17,18)/t9-/m1/s1. The molecule has 0 unspecified atom stereocenters. The van der Waals surface area contributed by atoms with Crippen LogP contribution in [0.2, 0.25) is 0 Å². The van der Waals surface area contributed by atoms with Crippen molar-refractivity contribution in [2.75, 3.05) is 6.61 Å². The molecule has 0 heterocycles. The Hall–Kier alpha value is -2.11. The number of carbonyl (C=O) groups is 2. The average Bonchev–Trinajstić information content (AvgIpc) is 2.36. The van der Waals surface area contributed by atoms with E-state index >= 15 is 0 Å². The van der Waals surface area contributed by atoms with Gasteiger partial charge in [-0.3, -0.25) is 10.1 Å². The fraction of sp³-hybridized carbons (Fsp3) is 0.385. The summed E-state index contributed by atoms with van der Waals surface area (Å²) in [7, 11) is 0. The third-order valence-corrected chi connectivity index (χ3v) is 2.41. The Bertz CT molecular complexity index is 451. The normalized spacial score (nSPS) is 11.5. The van der Waals surface area contributed by atoms with Gasteiger partial charge in [0.15, 0.2) is 6.61 Å². The molecule has 1 rings (SSSR count). The van der Waals surface area contributed by atoms with Crippen molar-refractivity contribution in [2.45, 2.75) is 26.3 Å². The van der Waals surface area contributed by atoms with E-state index in [4.69, 9.17) is 4.74 Å². The molecule has 0 radical (unpaired) electrons. The lowest BCUT2D eigenvalue weighted by molar-refractivity contribution is -0.122. The zero-order chi connectivity index (χ0) is 14.3. The van der Waals surface area contributed by atoms with Crippen molar-refractivity contribution in [3.05, 3.63) is 30.1 Å². The van der Waals surface area contributed by atoms with Crippen molar-refractivity contribution in [2.24, 2.45) is 0 Å². The van der Waals surface area contributed by atoms with Crippen LogP contribution in [0.4, 0.5) is 9.18 Å². The van der Waals surface area contributed by atoms with Crippen LogP contribution in [0.15, 0.2) is 24.3 Å². The number of hydrogen-bond donors (Lipinski definition) is 2. The highest BCUT2D eigenvalue weighted by atomic mass is 19.1. The molecular formula is C13H17FN2O3. The van der Waals surface area contributed by atoms with Crippen molar-refractivity contribution in [1.29, 1.82) is 0 Å². The second kappa shape index (κ2) is 7.35. The fourth-order valence-electron chi connectivity index (χ4n) is 1.23. The number of benzene rings is 1. The molecule has 1 atom stereocenters. The van der Waals surface area contributed by atoms with Crippen LogP contribution in [0.1, 0.15) is 20.3 Å². The predicted molar refractivity (Wildman–Crippen MR) is 68.3 cm³/mol. The lowest BCUT2D eigenvalue weighted by Crippen LogP contribution is -2.44. The van der Waals surface area contributed by atoms with Gasteiger partial charge < -0.3 is 10.1 Å². The quantitative estimate of drug-likeness (QED) is 0.856. The summed E-state index contributed by atoms with van der Waals surface area (Å²) in [6.07, 6.45) is 0.765. The smallest absolute Gasteiger partial charge is 0.321 e. The lowest BCUT2D eigenvalue weighted by Gasteiger charge is -2.12. The molecule has 0 spiro atoms. The molecule has 0 aliphatic carbocycles. The van der Waals surface area contributed by atoms with Crippen molar-refractivity contribution < 1.29 is 18.7 Å². The van der Waals surface area contributed by atoms with E-state index in [0.717, 1.165) is 12.5 Å². The van der Waals surface area contributed by atoms with Crippen LogP contribution in [-0.4, -0.2) is 24.6 Å². The Kier molecular flexibility index (Phi) is 5.78. The fourth-order valence-corrected chi connectivity index (χ4v) is 1.23. The summed E-state index contributed by atoms with van der Waals surface area (Å²) in [5.74, 6) is -0.810. The van der Waals surface area contributed by atoms with Gasteiger partial charge in [0.25, 0.3) is 5.91 Å². The predicted octanol–water partition coefficient (Wildman–Crippen LogP) is 1.83. The number of rotatable bonds is 5. The summed E-state index contributed by atoms with van der Waals surface area (Å²) in [5.41, 5.74) is 0. The molecule has 0 fully saturated rings. The molecule has 1 aromatic rings. The van der Waals surface area contributed by atoms with Crippen LogP contribution in [0, 0.1) is 5.82 Å². The zero-order valence-corrected chi connectivity index (χ0v) is 10.9. The first-order valence-corrected chi connectivity index (χ1v) is 6.00. The summed E-state index contributed by atoms with van der Waals surface area (Å²) in [4.78, 5) is 22.7. The highest BCUT2D eigenvalue weighted by Crippen LogP contribution is 2.11. The van der Waals surface area contributed by atoms with Gasteiger partial charge in [0.2, 0.25) is 0 Å². The lowest BCUT2D eigenvalue weighted by atomic mass is 10.3. The monoisotopic (exact) mass is 268 g/mol. The first kappa shape index (κ1) is 14.9. The van der Waals surface area contributed by atoms with E-state index in [1.165, 1.54) is 18.2 Å². The van der Waals surface area contributed by atoms with Gasteiger partial charge in [0.05, 0.1) is 0 Å². The van der Waals surface area contributed by atoms with E-state index in [-0.39, 0.29) is 18.4 Å². The molecule has 0 aliphatic heterocycles. The van der Waals surface area contributed by atoms with Gasteiger partial charge >= 0.3 is 6.03 Å². The van der Waals surface area contributed by atoms with Gasteiger partial charge in [-0.25, -0.2) is 9.18 Å². The van der Waals surface area contributed by atoms with Crippen LogP contribution in [0.5, 0.6) is 5.75 Å². The Morgan fingerprint density at radius 2 is 2.16 bits per heavy atom. The molecule has 0 saturated heterocycles. The largest absolute Gasteiger partial charge is 0.484 e. The number of imide groups is 1. The highest BCUT2D eigenvalue weighted by molar-refractivity contribution is 5.95. The molecule has 3 amide bonds. The summed E-state index contributed by atoms with van der Waals surface area (Å²) >= 11 is 0. The number of hydrogen-bond acceptors (Lipinski definition) is 3. The maximum atomic E-state index is 12.8. The van der Waals surface area contributed by atoms with E-state index in [0.29, 0.717) is 0 Å². The molecule has 6 heteroatoms. The first-order valence-electron chi connectivity index (χ1n) is 6.00. The van der Waals surface area contributed by atoms with Gasteiger partial charge in [-0.2, -0.15) is 0 Å². The van der Waals surface area contributed by atoms with Gasteiger partial charge in [-0.05, 0) is 25.5 Å². The molecule has 19 heavy (non-hydrogen) atoms. The number of nitrogens with one attached hydrogen (secondary N) is 2. The van der Waals surface area contributed by atoms with Gasteiger partial charge in [-0.15, -0.1) is 0 Å². The Morgan fingerprint density at radius 1 is 1.42 bits per heavy atom. The zero-order valence-electron chi connectivity index (χ0n) is 10.9. The number of carbonyl (C=O) groups excluding carboxylic acids is 2. The second-order valence-electron chi connectivity index (χ2n) is 4.08. The maximum absolute atomic E-state index is 12.8. The third-order valence-electron chi connectivity index (χ3n) is 2.41. The molecule has 0 bridgehead atoms. The third kappa shape index (κ3) is 5.85. The van der Waals surface area contributed by atoms with Gasteiger partial charge in [0, 0.05) is 12.1 Å². The van der Waals surface area contributed by atoms with Crippen molar-refractivity contribution >= 4 is 11.9 Å². The summed E-state index contributed by atoms with van der Waals surface area (Å²) < 4.78 is 17.9. The highest BCUT2D eigenvalue weighted by Gasteiger charge is 2.10. The SMILES string of the molecule is CC[C@@H](C)NC(=O)NC(=O)COc1cccc(F)c1. The molecule has 0 aliphatic rings. The van der Waals surface area contributed by atoms with Crippen molar-refractivity contribution in [3.63, 3.8) is 0 Å². The van der Waals surface area contributed by atoms with Crippen LogP contribution >= 0.6 is 0 Å². The minimum Gasteiger partial charge on any atom is -0.484 e. The first-order chi connectivity index (χ1) is 9.01. The Labute approximate surface area is 111 Å². The Balaban J connectivity index is 2.34. The molecule has 0 saturated carbocycles. The number of amides is 3. The summed E-state index contributed by atoms with van der Waals surface area (Å²) in [6, 6.07) is 4.84. The maximum Gasteiger partial charge on any atom is 0.321 e. The minimum atomic E-state index is -0.593. The Morgan fingerprint density at radius 3 is 2.79 bits per heavy atom. The van der Waals surface area contributed by atoms with E-state index in [9.17, 15) is 14.0 Å². The molecule has 2 N–H and O–H groups in total. The van der Waals surface area contributed by atoms with Crippen LogP contribution < -0.4 is 15.4 Å². The van der Waals surface area contributed by atoms with Gasteiger partial charge in [-0.1, -0.05) is 13.0 Å². The summed E-state index contributed by atoms with van der Waals surface area (Å²) in [5, 5.41) is 4.70. The van der Waals surface area contributed by atoms with E-state index in [1.807, 2.05) is 13.8 Å². The van der Waals surface area contributed by atoms with Crippen LogP contribution in [0.25, 0.3) is 0 Å². The van der Waals surface area contributed by atoms with Crippen molar-refractivity contribution in [1.82, 2.24) is 10.6 Å². The molecule has 0 aromatic heterocycles. The minimum absolute atomic E-state index is 0.0167. The van der Waals surface area contributed by atoms with Gasteiger partial charge in [0.1, 0.15) is 11.6 Å².